The summed E-state index contributed by atoms with van der Waals surface area (Å²) in [6.07, 6.45) is 0. The van der Waals surface area contributed by atoms with Crippen LogP contribution in [0.15, 0.2) is 12.1 Å². The van der Waals surface area contributed by atoms with Crippen LogP contribution in [0, 0.1) is 22.9 Å². The number of rotatable bonds is 5. The molecule has 0 aliphatic carbocycles. The van der Waals surface area contributed by atoms with Gasteiger partial charge in [-0.25, -0.2) is 27.0 Å². The Morgan fingerprint density at radius 1 is 1.18 bits per heavy atom. The van der Waals surface area contributed by atoms with E-state index in [0.29, 0.717) is 24.1 Å². The first kappa shape index (κ1) is 18.3. The monoisotopic (exact) mass is 325 g/mol. The van der Waals surface area contributed by atoms with Crippen molar-refractivity contribution < 1.29 is 31.6 Å². The van der Waals surface area contributed by atoms with Gasteiger partial charge in [0.15, 0.2) is 11.6 Å². The second-order valence-electron chi connectivity index (χ2n) is 5.40. The molecule has 0 unspecified atom stereocenters. The van der Waals surface area contributed by atoms with E-state index in [1.54, 1.807) is 0 Å². The number of nitrogens with zero attached hydrogens (tertiary/aromatic N) is 1. The van der Waals surface area contributed by atoms with Crippen molar-refractivity contribution in [2.75, 3.05) is 7.11 Å². The predicted molar refractivity (Wildman–Crippen MR) is 68.3 cm³/mol. The summed E-state index contributed by atoms with van der Waals surface area (Å²) >= 11 is 0. The Bertz CT molecular complexity index is 569. The lowest BCUT2D eigenvalue weighted by Crippen LogP contribution is -2.48. The first-order valence-corrected chi connectivity index (χ1v) is 6.29. The summed E-state index contributed by atoms with van der Waals surface area (Å²) in [4.78, 5) is 16.8. The number of hydrogen-bond donors (Lipinski definition) is 0. The Labute approximate surface area is 124 Å². The lowest BCUT2D eigenvalue weighted by molar-refractivity contribution is -0.205. The van der Waals surface area contributed by atoms with Gasteiger partial charge in [0.05, 0.1) is 13.7 Å². The number of halogens is 5. The van der Waals surface area contributed by atoms with E-state index < -0.39 is 46.8 Å². The van der Waals surface area contributed by atoms with Crippen LogP contribution in [0.4, 0.5) is 22.0 Å². The highest BCUT2D eigenvalue weighted by Crippen LogP contribution is 2.37. The van der Waals surface area contributed by atoms with E-state index in [0.717, 1.165) is 21.0 Å². The zero-order chi connectivity index (χ0) is 17.3. The van der Waals surface area contributed by atoms with Crippen LogP contribution in [0.3, 0.4) is 0 Å². The predicted octanol–water partition coefficient (Wildman–Crippen LogP) is 3.68. The van der Waals surface area contributed by atoms with Gasteiger partial charge in [0.1, 0.15) is 11.2 Å². The van der Waals surface area contributed by atoms with Gasteiger partial charge in [0.2, 0.25) is 0 Å². The molecule has 0 saturated carbocycles. The lowest BCUT2D eigenvalue weighted by Gasteiger charge is -2.34. The lowest BCUT2D eigenvalue weighted by atomic mass is 9.85. The van der Waals surface area contributed by atoms with Crippen LogP contribution in [0.1, 0.15) is 26.3 Å². The second-order valence-corrected chi connectivity index (χ2v) is 5.40. The molecule has 1 amide bonds. The minimum absolute atomic E-state index is 0.335. The minimum atomic E-state index is -3.38. The number of alkyl halides is 2. The maximum absolute atomic E-state index is 13.6. The number of amides is 1. The van der Waals surface area contributed by atoms with Gasteiger partial charge in [0, 0.05) is 18.6 Å². The normalized spacial score (nSPS) is 12.4. The third-order valence-electron chi connectivity index (χ3n) is 3.46. The second kappa shape index (κ2) is 6.20. The molecule has 0 radical (unpaired) electrons. The van der Waals surface area contributed by atoms with Crippen molar-refractivity contribution in [2.24, 2.45) is 5.41 Å². The highest BCUT2D eigenvalue weighted by Gasteiger charge is 2.50. The summed E-state index contributed by atoms with van der Waals surface area (Å²) in [6.45, 7) is 1.82. The van der Waals surface area contributed by atoms with E-state index in [1.807, 2.05) is 0 Å². The van der Waals surface area contributed by atoms with Gasteiger partial charge < -0.3 is 0 Å². The molecule has 0 fully saturated rings. The third-order valence-corrected chi connectivity index (χ3v) is 3.46. The van der Waals surface area contributed by atoms with Crippen LogP contribution in [0.2, 0.25) is 0 Å². The highest BCUT2D eigenvalue weighted by atomic mass is 19.3. The molecule has 0 saturated heterocycles. The molecule has 0 N–H and O–H groups in total. The summed E-state index contributed by atoms with van der Waals surface area (Å²) in [5, 5.41) is 0.439. The third kappa shape index (κ3) is 3.55. The van der Waals surface area contributed by atoms with Crippen LogP contribution in [0.5, 0.6) is 0 Å². The van der Waals surface area contributed by atoms with E-state index in [9.17, 15) is 26.7 Å². The van der Waals surface area contributed by atoms with E-state index in [-0.39, 0.29) is 0 Å². The molecule has 0 aliphatic heterocycles. The summed E-state index contributed by atoms with van der Waals surface area (Å²) in [6, 6.07) is 0.997. The average molecular weight is 325 g/mol. The fraction of sp³-hybridized carbons (Fsp3) is 0.500. The van der Waals surface area contributed by atoms with Crippen molar-refractivity contribution >= 4 is 5.91 Å². The smallest absolute Gasteiger partial charge is 0.259 e. The van der Waals surface area contributed by atoms with Crippen molar-refractivity contribution in [1.29, 1.82) is 0 Å². The van der Waals surface area contributed by atoms with Gasteiger partial charge in [-0.3, -0.25) is 9.63 Å². The Kier molecular flexibility index (Phi) is 5.17. The molecule has 8 heteroatoms. The summed E-state index contributed by atoms with van der Waals surface area (Å²) < 4.78 is 66.8. The zero-order valence-corrected chi connectivity index (χ0v) is 12.5. The zero-order valence-electron chi connectivity index (χ0n) is 12.5. The van der Waals surface area contributed by atoms with Crippen molar-refractivity contribution in [3.63, 3.8) is 0 Å². The van der Waals surface area contributed by atoms with E-state index in [1.165, 1.54) is 0 Å². The molecule has 0 aliphatic rings. The number of hydrogen-bond acceptors (Lipinski definition) is 2. The molecule has 0 heterocycles. The van der Waals surface area contributed by atoms with E-state index in [2.05, 4.69) is 4.84 Å². The number of carbonyl (C=O) groups is 1. The fourth-order valence-corrected chi connectivity index (χ4v) is 1.60. The van der Waals surface area contributed by atoms with Crippen LogP contribution < -0.4 is 0 Å². The summed E-state index contributed by atoms with van der Waals surface area (Å²) in [7, 11) is 1.01. The standard InChI is InChI=1S/C14H16F5NO2/c1-13(2,14(3,18)19)12(21)20(22-4)7-8-5-9(15)6-10(16)11(8)17/h5-6H,7H2,1-4H3. The maximum Gasteiger partial charge on any atom is 0.259 e. The van der Waals surface area contributed by atoms with E-state index in [4.69, 9.17) is 0 Å². The molecule has 22 heavy (non-hydrogen) atoms. The summed E-state index contributed by atoms with van der Waals surface area (Å²) in [5.74, 6) is -8.41. The first-order chi connectivity index (χ1) is 9.91. The number of hydroxylamine groups is 2. The molecule has 0 aromatic heterocycles. The molecule has 0 spiro atoms. The SMILES string of the molecule is CON(Cc1cc(F)cc(F)c1F)C(=O)C(C)(C)C(C)(F)F. The largest absolute Gasteiger partial charge is 0.274 e. The van der Waals surface area contributed by atoms with Gasteiger partial charge in [0.25, 0.3) is 11.8 Å². The van der Waals surface area contributed by atoms with Gasteiger partial charge in [-0.1, -0.05) is 0 Å². The Morgan fingerprint density at radius 2 is 1.73 bits per heavy atom. The van der Waals surface area contributed by atoms with Gasteiger partial charge in [-0.15, -0.1) is 0 Å². The molecular weight excluding hydrogens is 309 g/mol. The maximum atomic E-state index is 13.6. The first-order valence-electron chi connectivity index (χ1n) is 6.29. The van der Waals surface area contributed by atoms with Crippen molar-refractivity contribution in [3.05, 3.63) is 35.1 Å². The van der Waals surface area contributed by atoms with Crippen molar-refractivity contribution in [1.82, 2.24) is 5.06 Å². The highest BCUT2D eigenvalue weighted by molar-refractivity contribution is 5.82. The van der Waals surface area contributed by atoms with Gasteiger partial charge in [-0.05, 0) is 19.9 Å². The molecule has 0 bridgehead atoms. The van der Waals surface area contributed by atoms with Gasteiger partial charge in [-0.2, -0.15) is 0 Å². The Hall–Kier alpha value is -1.70. The topological polar surface area (TPSA) is 29.5 Å². The molecule has 124 valence electrons. The minimum Gasteiger partial charge on any atom is -0.274 e. The van der Waals surface area contributed by atoms with Crippen LogP contribution in [0.25, 0.3) is 0 Å². The summed E-state index contributed by atoms with van der Waals surface area (Å²) in [5.41, 5.74) is -2.67. The Morgan fingerprint density at radius 3 is 2.18 bits per heavy atom. The van der Waals surface area contributed by atoms with Crippen LogP contribution >= 0.6 is 0 Å². The molecule has 1 rings (SSSR count). The fourth-order valence-electron chi connectivity index (χ4n) is 1.60. The number of benzene rings is 1. The molecule has 3 nitrogen and oxygen atoms in total. The molecular formula is C14H16F5NO2. The van der Waals surface area contributed by atoms with Crippen molar-refractivity contribution in [3.8, 4) is 0 Å². The quantitative estimate of drug-likeness (QED) is 0.470. The van der Waals surface area contributed by atoms with Gasteiger partial charge >= 0.3 is 0 Å². The average Bonchev–Trinajstić information content (AvgIpc) is 2.38. The van der Waals surface area contributed by atoms with E-state index >= 15 is 0 Å². The van der Waals surface area contributed by atoms with Crippen LogP contribution in [-0.4, -0.2) is 24.0 Å². The molecule has 1 aromatic carbocycles. The number of carbonyl (C=O) groups excluding carboxylic acids is 1. The van der Waals surface area contributed by atoms with Crippen molar-refractivity contribution in [2.45, 2.75) is 33.2 Å². The Balaban J connectivity index is 3.12. The molecule has 1 aromatic rings. The van der Waals surface area contributed by atoms with Crippen LogP contribution in [-0.2, 0) is 16.2 Å². The molecule has 0 atom stereocenters.